The van der Waals surface area contributed by atoms with Crippen molar-refractivity contribution in [1.82, 2.24) is 25.5 Å². The Balaban J connectivity index is 1.94. The maximum absolute atomic E-state index is 12.5. The summed E-state index contributed by atoms with van der Waals surface area (Å²) in [7, 11) is 1.56. The fourth-order valence-corrected chi connectivity index (χ4v) is 4.09. The molecule has 0 bridgehead atoms. The second-order valence-electron chi connectivity index (χ2n) is 5.46. The van der Waals surface area contributed by atoms with Crippen molar-refractivity contribution in [3.63, 3.8) is 0 Å². The summed E-state index contributed by atoms with van der Waals surface area (Å²) in [6.45, 7) is 2.17. The summed E-state index contributed by atoms with van der Waals surface area (Å²) in [4.78, 5) is 26.1. The van der Waals surface area contributed by atoms with Crippen LogP contribution in [-0.4, -0.2) is 56.7 Å². The molecule has 2 aromatic rings. The SMILES string of the molecule is CCC(NC(=O)SCCOC)C(=O)Cn1nnc(Sc2c(Cl)cccc2Cl)n1. The number of benzene rings is 1. The number of hydrogen-bond donors (Lipinski definition) is 1. The molecule has 1 atom stereocenters. The van der Waals surface area contributed by atoms with Crippen LogP contribution in [0.1, 0.15) is 13.3 Å². The van der Waals surface area contributed by atoms with Crippen LogP contribution in [0.2, 0.25) is 10.0 Å². The molecule has 1 amide bonds. The Hall–Kier alpha value is -1.33. The molecule has 1 N–H and O–H groups in total. The predicted octanol–water partition coefficient (Wildman–Crippen LogP) is 3.57. The third-order valence-electron chi connectivity index (χ3n) is 3.45. The maximum Gasteiger partial charge on any atom is 0.279 e. The van der Waals surface area contributed by atoms with Crippen LogP contribution in [0.5, 0.6) is 0 Å². The first kappa shape index (κ1) is 23.0. The van der Waals surface area contributed by atoms with Crippen LogP contribution >= 0.6 is 46.7 Å². The number of halogens is 2. The summed E-state index contributed by atoms with van der Waals surface area (Å²) < 4.78 is 4.90. The first-order valence-corrected chi connectivity index (χ1v) is 10.8. The number of amides is 1. The number of aromatic nitrogens is 4. The zero-order chi connectivity index (χ0) is 20.5. The van der Waals surface area contributed by atoms with Crippen LogP contribution in [0.15, 0.2) is 28.3 Å². The Morgan fingerprint density at radius 2 is 2.04 bits per heavy atom. The van der Waals surface area contributed by atoms with Gasteiger partial charge in [0, 0.05) is 12.9 Å². The number of Topliss-reactive ketones (excluding diaryl/α,β-unsaturated/α-hetero) is 1. The number of thioether (sulfide) groups is 1. The summed E-state index contributed by atoms with van der Waals surface area (Å²) in [5.74, 6) is 0.302. The van der Waals surface area contributed by atoms with Crippen LogP contribution in [0.25, 0.3) is 0 Å². The van der Waals surface area contributed by atoms with E-state index in [1.165, 1.54) is 4.80 Å². The average Bonchev–Trinajstić information content (AvgIpc) is 3.10. The summed E-state index contributed by atoms with van der Waals surface area (Å²) in [6, 6.07) is 4.54. The minimum atomic E-state index is -0.623. The Kier molecular flexibility index (Phi) is 9.52. The predicted molar refractivity (Wildman–Crippen MR) is 110 cm³/mol. The van der Waals surface area contributed by atoms with Gasteiger partial charge in [-0.3, -0.25) is 9.59 Å². The summed E-state index contributed by atoms with van der Waals surface area (Å²) >= 11 is 14.5. The highest BCUT2D eigenvalue weighted by Gasteiger charge is 2.21. The van der Waals surface area contributed by atoms with Gasteiger partial charge in [-0.1, -0.05) is 48.0 Å². The third-order valence-corrected chi connectivity index (χ3v) is 6.05. The summed E-state index contributed by atoms with van der Waals surface area (Å²) in [5, 5.41) is 15.7. The molecule has 1 heterocycles. The molecule has 0 aliphatic carbocycles. The van der Waals surface area contributed by atoms with E-state index in [0.29, 0.717) is 38.9 Å². The quantitative estimate of drug-likeness (QED) is 0.533. The summed E-state index contributed by atoms with van der Waals surface area (Å²) in [5.41, 5.74) is 0. The standard InChI is InChI=1S/C16H19Cl2N5O3S2/c1-3-12(19-16(25)27-8-7-26-2)13(24)9-23-21-15(20-22-23)28-14-10(17)5-4-6-11(14)18/h4-6,12H,3,7-9H2,1-2H3,(H,19,25). The minimum absolute atomic E-state index is 0.106. The number of methoxy groups -OCH3 is 1. The maximum atomic E-state index is 12.5. The molecule has 1 unspecified atom stereocenters. The second kappa shape index (κ2) is 11.6. The first-order valence-electron chi connectivity index (χ1n) is 8.29. The molecule has 12 heteroatoms. The lowest BCUT2D eigenvalue weighted by Crippen LogP contribution is -2.40. The molecular formula is C16H19Cl2N5O3S2. The lowest BCUT2D eigenvalue weighted by molar-refractivity contribution is -0.121. The van der Waals surface area contributed by atoms with E-state index in [2.05, 4.69) is 20.7 Å². The minimum Gasteiger partial charge on any atom is -0.384 e. The van der Waals surface area contributed by atoms with Crippen molar-refractivity contribution in [3.05, 3.63) is 28.2 Å². The van der Waals surface area contributed by atoms with E-state index in [-0.39, 0.29) is 17.6 Å². The van der Waals surface area contributed by atoms with Gasteiger partial charge in [-0.05, 0) is 35.5 Å². The van der Waals surface area contributed by atoms with E-state index in [1.54, 1.807) is 25.3 Å². The molecule has 0 radical (unpaired) electrons. The van der Waals surface area contributed by atoms with Gasteiger partial charge < -0.3 is 10.1 Å². The molecule has 152 valence electrons. The van der Waals surface area contributed by atoms with E-state index in [0.717, 1.165) is 23.5 Å². The molecule has 1 aromatic heterocycles. The molecule has 1 aromatic carbocycles. The van der Waals surface area contributed by atoms with Gasteiger partial charge >= 0.3 is 0 Å². The molecule has 0 spiro atoms. The number of tetrazole rings is 1. The zero-order valence-corrected chi connectivity index (χ0v) is 18.4. The molecular weight excluding hydrogens is 445 g/mol. The zero-order valence-electron chi connectivity index (χ0n) is 15.2. The van der Waals surface area contributed by atoms with E-state index >= 15 is 0 Å². The van der Waals surface area contributed by atoms with Gasteiger partial charge in [0.15, 0.2) is 5.78 Å². The number of carbonyl (C=O) groups is 2. The molecule has 8 nitrogen and oxygen atoms in total. The molecule has 0 fully saturated rings. The molecule has 0 saturated carbocycles. The van der Waals surface area contributed by atoms with Crippen molar-refractivity contribution >= 4 is 57.7 Å². The van der Waals surface area contributed by atoms with Gasteiger partial charge in [0.2, 0.25) is 5.16 Å². The van der Waals surface area contributed by atoms with Gasteiger partial charge in [-0.25, -0.2) is 0 Å². The highest BCUT2D eigenvalue weighted by atomic mass is 35.5. The lowest BCUT2D eigenvalue weighted by Gasteiger charge is -2.14. The highest BCUT2D eigenvalue weighted by Crippen LogP contribution is 2.36. The number of hydrogen-bond acceptors (Lipinski definition) is 8. The van der Waals surface area contributed by atoms with Crippen LogP contribution in [-0.2, 0) is 16.1 Å². The van der Waals surface area contributed by atoms with Crippen molar-refractivity contribution in [2.75, 3.05) is 19.5 Å². The van der Waals surface area contributed by atoms with Crippen molar-refractivity contribution in [1.29, 1.82) is 0 Å². The Bertz CT molecular complexity index is 801. The molecule has 28 heavy (non-hydrogen) atoms. The lowest BCUT2D eigenvalue weighted by atomic mass is 10.1. The number of ether oxygens (including phenoxy) is 1. The van der Waals surface area contributed by atoms with Crippen molar-refractivity contribution in [3.8, 4) is 0 Å². The number of rotatable bonds is 10. The molecule has 0 saturated heterocycles. The Morgan fingerprint density at radius 1 is 1.32 bits per heavy atom. The second-order valence-corrected chi connectivity index (χ2v) is 8.32. The van der Waals surface area contributed by atoms with Gasteiger partial charge in [-0.15, -0.1) is 10.2 Å². The fraction of sp³-hybridized carbons (Fsp3) is 0.438. The van der Waals surface area contributed by atoms with E-state index in [1.807, 2.05) is 6.92 Å². The highest BCUT2D eigenvalue weighted by molar-refractivity contribution is 8.13. The monoisotopic (exact) mass is 463 g/mol. The van der Waals surface area contributed by atoms with Crippen LogP contribution < -0.4 is 5.32 Å². The van der Waals surface area contributed by atoms with Crippen molar-refractivity contribution in [2.45, 2.75) is 36.0 Å². The van der Waals surface area contributed by atoms with Crippen LogP contribution in [0, 0.1) is 0 Å². The third kappa shape index (κ3) is 6.93. The van der Waals surface area contributed by atoms with Gasteiger partial charge in [0.25, 0.3) is 5.24 Å². The summed E-state index contributed by atoms with van der Waals surface area (Å²) in [6.07, 6.45) is 0.459. The van der Waals surface area contributed by atoms with Crippen LogP contribution in [0.4, 0.5) is 4.79 Å². The topological polar surface area (TPSA) is 99.0 Å². The van der Waals surface area contributed by atoms with E-state index in [4.69, 9.17) is 27.9 Å². The number of carbonyl (C=O) groups excluding carboxylic acids is 2. The van der Waals surface area contributed by atoms with E-state index in [9.17, 15) is 9.59 Å². The van der Waals surface area contributed by atoms with Crippen molar-refractivity contribution in [2.24, 2.45) is 0 Å². The van der Waals surface area contributed by atoms with Crippen LogP contribution in [0.3, 0.4) is 0 Å². The molecule has 0 aliphatic heterocycles. The number of nitrogens with zero attached hydrogens (tertiary/aromatic N) is 4. The smallest absolute Gasteiger partial charge is 0.279 e. The fourth-order valence-electron chi connectivity index (χ4n) is 2.07. The average molecular weight is 464 g/mol. The van der Waals surface area contributed by atoms with Crippen molar-refractivity contribution < 1.29 is 14.3 Å². The number of ketones is 1. The van der Waals surface area contributed by atoms with E-state index < -0.39 is 6.04 Å². The Morgan fingerprint density at radius 3 is 2.68 bits per heavy atom. The normalized spacial score (nSPS) is 12.0. The molecule has 0 aliphatic rings. The number of nitrogens with one attached hydrogen (secondary N) is 1. The van der Waals surface area contributed by atoms with Gasteiger partial charge in [-0.2, -0.15) is 4.80 Å². The Labute approximate surface area is 181 Å². The van der Waals surface area contributed by atoms with Gasteiger partial charge in [0.05, 0.1) is 27.6 Å². The molecule has 2 rings (SSSR count). The largest absolute Gasteiger partial charge is 0.384 e. The van der Waals surface area contributed by atoms with Gasteiger partial charge in [0.1, 0.15) is 6.54 Å². The first-order chi connectivity index (χ1) is 13.4.